The van der Waals surface area contributed by atoms with E-state index in [1.165, 1.54) is 18.2 Å². The molecule has 2 rings (SSSR count). The lowest BCUT2D eigenvalue weighted by Crippen LogP contribution is -2.47. The Morgan fingerprint density at radius 3 is 2.46 bits per heavy atom. The molecule has 0 aliphatic heterocycles. The second kappa shape index (κ2) is 10.2. The number of carbonyl (C=O) groups is 2. The average molecular weight is 408 g/mol. The molecule has 1 aromatic heterocycles. The zero-order chi connectivity index (χ0) is 20.8. The molecule has 1 aliphatic carbocycles. The predicted molar refractivity (Wildman–Crippen MR) is 111 cm³/mol. The molecule has 7 heteroatoms. The van der Waals surface area contributed by atoms with Gasteiger partial charge in [0.05, 0.1) is 0 Å². The number of aromatic nitrogens is 2. The van der Waals surface area contributed by atoms with Gasteiger partial charge < -0.3 is 10.1 Å². The van der Waals surface area contributed by atoms with Crippen molar-refractivity contribution in [3.63, 3.8) is 0 Å². The molecule has 0 saturated heterocycles. The third-order valence-electron chi connectivity index (χ3n) is 5.87. The third-order valence-corrected chi connectivity index (χ3v) is 6.42. The number of esters is 1. The molecule has 156 valence electrons. The Balaban J connectivity index is 1.84. The van der Waals surface area contributed by atoms with Crippen LogP contribution in [-0.4, -0.2) is 40.2 Å². The first-order valence-corrected chi connectivity index (χ1v) is 11.3. The number of nitrogens with zero attached hydrogens (tertiary/aromatic N) is 2. The maximum absolute atomic E-state index is 12.4. The molecule has 1 amide bonds. The smallest absolute Gasteiger partial charge is 0.306 e. The van der Waals surface area contributed by atoms with E-state index in [9.17, 15) is 9.59 Å². The van der Waals surface area contributed by atoms with Gasteiger partial charge in [0.25, 0.3) is 5.91 Å². The number of hydrogen-bond acceptors (Lipinski definition) is 6. The summed E-state index contributed by atoms with van der Waals surface area (Å²) in [6.45, 7) is 9.90. The Morgan fingerprint density at radius 2 is 1.86 bits per heavy atom. The van der Waals surface area contributed by atoms with Gasteiger partial charge in [-0.05, 0) is 57.3 Å². The van der Waals surface area contributed by atoms with E-state index in [-0.39, 0.29) is 24.3 Å². The molecule has 0 bridgehead atoms. The molecule has 1 aromatic rings. The van der Waals surface area contributed by atoms with E-state index in [0.29, 0.717) is 18.3 Å². The molecule has 1 fully saturated rings. The van der Waals surface area contributed by atoms with Crippen molar-refractivity contribution in [2.75, 3.05) is 6.26 Å². The number of aryl methyl sites for hydroxylation is 2. The summed E-state index contributed by atoms with van der Waals surface area (Å²) >= 11 is 1.50. The zero-order valence-corrected chi connectivity index (χ0v) is 18.7. The molecule has 0 unspecified atom stereocenters. The summed E-state index contributed by atoms with van der Waals surface area (Å²) in [6, 6.07) is 0.162. The highest BCUT2D eigenvalue weighted by Crippen LogP contribution is 2.29. The maximum Gasteiger partial charge on any atom is 0.306 e. The monoisotopic (exact) mass is 407 g/mol. The lowest BCUT2D eigenvalue weighted by Gasteiger charge is -2.35. The van der Waals surface area contributed by atoms with Crippen LogP contribution in [-0.2, 0) is 20.7 Å². The number of carbonyl (C=O) groups excluding carboxylic acids is 2. The van der Waals surface area contributed by atoms with E-state index in [0.717, 1.165) is 34.9 Å². The molecule has 1 saturated carbocycles. The molecule has 0 radical (unpaired) electrons. The molecular weight excluding hydrogens is 374 g/mol. The Hall–Kier alpha value is -1.63. The number of amides is 1. The molecule has 28 heavy (non-hydrogen) atoms. The van der Waals surface area contributed by atoms with E-state index in [4.69, 9.17) is 4.74 Å². The highest BCUT2D eigenvalue weighted by Gasteiger charge is 2.30. The highest BCUT2D eigenvalue weighted by atomic mass is 32.2. The molecule has 4 atom stereocenters. The van der Waals surface area contributed by atoms with Gasteiger partial charge in [0, 0.05) is 23.9 Å². The van der Waals surface area contributed by atoms with Gasteiger partial charge in [0.2, 0.25) is 0 Å². The summed E-state index contributed by atoms with van der Waals surface area (Å²) in [5, 5.41) is 3.80. The van der Waals surface area contributed by atoms with Crippen LogP contribution in [0.25, 0.3) is 0 Å². The maximum atomic E-state index is 12.4. The van der Waals surface area contributed by atoms with Gasteiger partial charge in [-0.15, -0.1) is 0 Å². The van der Waals surface area contributed by atoms with Crippen LogP contribution >= 0.6 is 11.8 Å². The fourth-order valence-corrected chi connectivity index (χ4v) is 4.24. The van der Waals surface area contributed by atoms with Crippen molar-refractivity contribution in [1.29, 1.82) is 0 Å². The number of thioether (sulfide) groups is 1. The number of ether oxygens (including phenoxy) is 1. The molecule has 1 aliphatic rings. The second-order valence-corrected chi connectivity index (χ2v) is 8.65. The number of nitrogens with one attached hydrogen (secondary N) is 1. The zero-order valence-electron chi connectivity index (χ0n) is 17.9. The van der Waals surface area contributed by atoms with Gasteiger partial charge in [-0.3, -0.25) is 9.59 Å². The van der Waals surface area contributed by atoms with E-state index < -0.39 is 6.10 Å². The van der Waals surface area contributed by atoms with E-state index in [1.807, 2.05) is 20.1 Å². The van der Waals surface area contributed by atoms with Crippen LogP contribution in [0, 0.1) is 25.7 Å². The first-order valence-electron chi connectivity index (χ1n) is 10.1. The number of hydrogen-bond donors (Lipinski definition) is 1. The van der Waals surface area contributed by atoms with Gasteiger partial charge in [0.15, 0.2) is 11.3 Å². The minimum Gasteiger partial charge on any atom is -0.453 e. The number of rotatable bonds is 7. The molecule has 1 heterocycles. The highest BCUT2D eigenvalue weighted by molar-refractivity contribution is 7.98. The molecule has 6 nitrogen and oxygen atoms in total. The minimum atomic E-state index is -0.783. The van der Waals surface area contributed by atoms with Crippen molar-refractivity contribution >= 4 is 23.6 Å². The Morgan fingerprint density at radius 1 is 1.21 bits per heavy atom. The van der Waals surface area contributed by atoms with Crippen LogP contribution in [0.4, 0.5) is 0 Å². The van der Waals surface area contributed by atoms with Crippen LogP contribution in [0.5, 0.6) is 0 Å². The van der Waals surface area contributed by atoms with Gasteiger partial charge in [-0.2, -0.15) is 0 Å². The van der Waals surface area contributed by atoms with Gasteiger partial charge >= 0.3 is 5.97 Å². The average Bonchev–Trinajstić information content (AvgIpc) is 2.64. The van der Waals surface area contributed by atoms with Gasteiger partial charge in [0.1, 0.15) is 0 Å². The lowest BCUT2D eigenvalue weighted by atomic mass is 9.78. The summed E-state index contributed by atoms with van der Waals surface area (Å²) in [5.74, 6) is 0.457. The normalized spacial score (nSPS) is 23.1. The molecular formula is C21H33N3O3S. The fraction of sp³-hybridized carbons (Fsp3) is 0.714. The molecule has 1 N–H and O–H groups in total. The largest absolute Gasteiger partial charge is 0.453 e. The van der Waals surface area contributed by atoms with Crippen LogP contribution in [0.3, 0.4) is 0 Å². The first-order chi connectivity index (χ1) is 13.2. The summed E-state index contributed by atoms with van der Waals surface area (Å²) < 4.78 is 5.37. The first kappa shape index (κ1) is 22.7. The standard InChI is InChI=1S/C21H33N3O3S/c1-12-8-7-9-18(13(12)2)24-20(26)16(5)27-19(25)11-10-17-14(3)22-21(28-6)23-15(17)4/h12-13,16,18H,7-11H2,1-6H3,(H,24,26)/t12-,13-,16+,18+/m0/s1. The van der Waals surface area contributed by atoms with E-state index in [2.05, 4.69) is 29.1 Å². The fourth-order valence-electron chi connectivity index (χ4n) is 3.78. The van der Waals surface area contributed by atoms with E-state index >= 15 is 0 Å². The van der Waals surface area contributed by atoms with Crippen molar-refractivity contribution in [2.45, 2.75) is 84.0 Å². The van der Waals surface area contributed by atoms with Crippen LogP contribution < -0.4 is 5.32 Å². The van der Waals surface area contributed by atoms with Crippen LogP contribution in [0.15, 0.2) is 5.16 Å². The molecule has 0 aromatic carbocycles. The van der Waals surface area contributed by atoms with Gasteiger partial charge in [-0.25, -0.2) is 9.97 Å². The summed E-state index contributed by atoms with van der Waals surface area (Å²) in [7, 11) is 0. The lowest BCUT2D eigenvalue weighted by molar-refractivity contribution is -0.155. The topological polar surface area (TPSA) is 81.2 Å². The van der Waals surface area contributed by atoms with Crippen molar-refractivity contribution in [1.82, 2.24) is 15.3 Å². The summed E-state index contributed by atoms with van der Waals surface area (Å²) in [4.78, 5) is 33.5. The van der Waals surface area contributed by atoms with Crippen molar-refractivity contribution in [3.8, 4) is 0 Å². The van der Waals surface area contributed by atoms with Crippen LogP contribution in [0.1, 0.15) is 63.4 Å². The van der Waals surface area contributed by atoms with Crippen molar-refractivity contribution < 1.29 is 14.3 Å². The Labute approximate surface area is 172 Å². The minimum absolute atomic E-state index is 0.162. The van der Waals surface area contributed by atoms with E-state index in [1.54, 1.807) is 6.92 Å². The van der Waals surface area contributed by atoms with Crippen molar-refractivity contribution in [3.05, 3.63) is 17.0 Å². The summed E-state index contributed by atoms with van der Waals surface area (Å²) in [5.41, 5.74) is 2.74. The predicted octanol–water partition coefficient (Wildman–Crippen LogP) is 3.62. The Bertz CT molecular complexity index is 687. The SMILES string of the molecule is CSc1nc(C)c(CCC(=O)O[C@H](C)C(=O)N[C@@H]2CCC[C@H](C)[C@@H]2C)c(C)n1. The summed E-state index contributed by atoms with van der Waals surface area (Å²) in [6.07, 6.45) is 5.19. The van der Waals surface area contributed by atoms with Crippen molar-refractivity contribution in [2.24, 2.45) is 11.8 Å². The quantitative estimate of drug-likeness (QED) is 0.422. The molecule has 0 spiro atoms. The van der Waals surface area contributed by atoms with Crippen LogP contribution in [0.2, 0.25) is 0 Å². The van der Waals surface area contributed by atoms with Gasteiger partial charge in [-0.1, -0.05) is 38.5 Å². The second-order valence-electron chi connectivity index (χ2n) is 7.87. The Kier molecular flexibility index (Phi) is 8.28. The third kappa shape index (κ3) is 5.93.